The standard InChI is InChI=1S/C22H27Cl2N3O5/c1-13(28)26-9-10-27(22(32)15-7-8-16(23)17(24)11-15)21(26)20(31)25-18(12-19(29)30)14-5-3-2-4-6-14/h7-8,11,14,18,21H,2-6,9-10,12H2,1H3,(H,25,31)(H,29,30). The molecular weight excluding hydrogens is 457 g/mol. The van der Waals surface area contributed by atoms with Crippen LogP contribution in [0.4, 0.5) is 0 Å². The number of carboxylic acid groups (broad SMARTS) is 1. The zero-order valence-electron chi connectivity index (χ0n) is 17.9. The lowest BCUT2D eigenvalue weighted by Crippen LogP contribution is -2.56. The van der Waals surface area contributed by atoms with Crippen LogP contribution in [0.2, 0.25) is 10.0 Å². The molecule has 8 nitrogen and oxygen atoms in total. The number of carbonyl (C=O) groups is 4. The monoisotopic (exact) mass is 483 g/mol. The molecule has 10 heteroatoms. The van der Waals surface area contributed by atoms with Gasteiger partial charge in [-0.25, -0.2) is 0 Å². The molecule has 3 amide bonds. The van der Waals surface area contributed by atoms with Crippen LogP contribution in [-0.4, -0.2) is 63.9 Å². The molecule has 1 heterocycles. The van der Waals surface area contributed by atoms with Gasteiger partial charge < -0.3 is 20.2 Å². The van der Waals surface area contributed by atoms with E-state index in [0.29, 0.717) is 5.02 Å². The highest BCUT2D eigenvalue weighted by Crippen LogP contribution is 2.29. The van der Waals surface area contributed by atoms with Gasteiger partial charge in [0.1, 0.15) is 0 Å². The van der Waals surface area contributed by atoms with E-state index in [9.17, 15) is 24.3 Å². The third kappa shape index (κ3) is 5.53. The molecule has 0 bridgehead atoms. The zero-order valence-corrected chi connectivity index (χ0v) is 19.4. The quantitative estimate of drug-likeness (QED) is 0.645. The average molecular weight is 484 g/mol. The van der Waals surface area contributed by atoms with E-state index in [0.717, 1.165) is 32.1 Å². The van der Waals surface area contributed by atoms with Crippen LogP contribution in [0.5, 0.6) is 0 Å². The predicted molar refractivity (Wildman–Crippen MR) is 119 cm³/mol. The van der Waals surface area contributed by atoms with E-state index in [1.165, 1.54) is 34.9 Å². The summed E-state index contributed by atoms with van der Waals surface area (Å²) in [5.74, 6) is -2.31. The van der Waals surface area contributed by atoms with Gasteiger partial charge in [-0.15, -0.1) is 0 Å². The van der Waals surface area contributed by atoms with Gasteiger partial charge in [0, 0.05) is 31.6 Å². The molecule has 2 N–H and O–H groups in total. The van der Waals surface area contributed by atoms with Gasteiger partial charge in [-0.1, -0.05) is 42.5 Å². The Balaban J connectivity index is 1.84. The summed E-state index contributed by atoms with van der Waals surface area (Å²) in [6.45, 7) is 1.71. The molecule has 0 spiro atoms. The van der Waals surface area contributed by atoms with Crippen molar-refractivity contribution in [3.63, 3.8) is 0 Å². The minimum atomic E-state index is -1.16. The van der Waals surface area contributed by atoms with Gasteiger partial charge in [-0.3, -0.25) is 19.2 Å². The summed E-state index contributed by atoms with van der Waals surface area (Å²) in [5, 5.41) is 12.7. The van der Waals surface area contributed by atoms with Crippen LogP contribution >= 0.6 is 23.2 Å². The van der Waals surface area contributed by atoms with Crippen molar-refractivity contribution in [1.82, 2.24) is 15.1 Å². The predicted octanol–water partition coefficient (Wildman–Crippen LogP) is 3.16. The lowest BCUT2D eigenvalue weighted by molar-refractivity contribution is -0.142. The van der Waals surface area contributed by atoms with Gasteiger partial charge in [0.15, 0.2) is 6.17 Å². The van der Waals surface area contributed by atoms with Crippen molar-refractivity contribution in [1.29, 1.82) is 0 Å². The van der Waals surface area contributed by atoms with Crippen molar-refractivity contribution in [3.05, 3.63) is 33.8 Å². The number of carbonyl (C=O) groups excluding carboxylic acids is 3. The number of halogens is 2. The first-order valence-corrected chi connectivity index (χ1v) is 11.5. The smallest absolute Gasteiger partial charge is 0.305 e. The summed E-state index contributed by atoms with van der Waals surface area (Å²) >= 11 is 12.0. The van der Waals surface area contributed by atoms with Gasteiger partial charge in [0.25, 0.3) is 11.8 Å². The number of benzene rings is 1. The van der Waals surface area contributed by atoms with Gasteiger partial charge >= 0.3 is 5.97 Å². The van der Waals surface area contributed by atoms with E-state index in [2.05, 4.69) is 5.32 Å². The van der Waals surface area contributed by atoms with Crippen LogP contribution in [-0.2, 0) is 14.4 Å². The summed E-state index contributed by atoms with van der Waals surface area (Å²) in [6.07, 6.45) is 3.38. The third-order valence-electron chi connectivity index (χ3n) is 6.18. The first-order chi connectivity index (χ1) is 15.2. The first-order valence-electron chi connectivity index (χ1n) is 10.7. The second kappa shape index (κ2) is 10.5. The fraction of sp³-hybridized carbons (Fsp3) is 0.545. The number of hydrogen-bond acceptors (Lipinski definition) is 4. The molecule has 2 atom stereocenters. The molecule has 2 unspecified atom stereocenters. The van der Waals surface area contributed by atoms with Gasteiger partial charge in [0.05, 0.1) is 16.5 Å². The van der Waals surface area contributed by atoms with E-state index < -0.39 is 30.0 Å². The largest absolute Gasteiger partial charge is 0.481 e. The Morgan fingerprint density at radius 2 is 1.72 bits per heavy atom. The number of rotatable bonds is 6. The maximum atomic E-state index is 13.3. The average Bonchev–Trinajstić information content (AvgIpc) is 3.20. The van der Waals surface area contributed by atoms with Crippen molar-refractivity contribution in [2.24, 2.45) is 5.92 Å². The Kier molecular flexibility index (Phi) is 8.00. The molecule has 174 valence electrons. The summed E-state index contributed by atoms with van der Waals surface area (Å²) in [6, 6.07) is 3.87. The Morgan fingerprint density at radius 3 is 2.31 bits per heavy atom. The van der Waals surface area contributed by atoms with Crippen molar-refractivity contribution >= 4 is 46.9 Å². The summed E-state index contributed by atoms with van der Waals surface area (Å²) in [5.41, 5.74) is 0.247. The number of nitrogens with zero attached hydrogens (tertiary/aromatic N) is 2. The maximum Gasteiger partial charge on any atom is 0.305 e. The van der Waals surface area contributed by atoms with Gasteiger partial charge in [-0.2, -0.15) is 0 Å². The molecule has 0 radical (unpaired) electrons. The molecule has 1 aromatic rings. The lowest BCUT2D eigenvalue weighted by Gasteiger charge is -2.34. The highest BCUT2D eigenvalue weighted by Gasteiger charge is 2.43. The van der Waals surface area contributed by atoms with Crippen molar-refractivity contribution < 1.29 is 24.3 Å². The van der Waals surface area contributed by atoms with E-state index in [1.807, 2.05) is 0 Å². The van der Waals surface area contributed by atoms with Crippen LogP contribution in [0.15, 0.2) is 18.2 Å². The van der Waals surface area contributed by atoms with Gasteiger partial charge in [0.2, 0.25) is 5.91 Å². The van der Waals surface area contributed by atoms with Crippen LogP contribution in [0.1, 0.15) is 55.8 Å². The molecule has 0 aromatic heterocycles. The molecule has 2 aliphatic rings. The normalized spacial score (nSPS) is 20.2. The summed E-state index contributed by atoms with van der Waals surface area (Å²) in [7, 11) is 0. The van der Waals surface area contributed by atoms with Crippen LogP contribution in [0, 0.1) is 5.92 Å². The second-order valence-electron chi connectivity index (χ2n) is 8.32. The molecule has 1 aliphatic heterocycles. The zero-order chi connectivity index (χ0) is 23.4. The Bertz CT molecular complexity index is 904. The molecule has 2 fully saturated rings. The van der Waals surface area contributed by atoms with E-state index >= 15 is 0 Å². The van der Waals surface area contributed by atoms with Gasteiger partial charge in [-0.05, 0) is 37.0 Å². The highest BCUT2D eigenvalue weighted by atomic mass is 35.5. The Hall–Kier alpha value is -2.32. The number of carboxylic acids is 1. The van der Waals surface area contributed by atoms with Crippen LogP contribution in [0.25, 0.3) is 0 Å². The summed E-state index contributed by atoms with van der Waals surface area (Å²) < 4.78 is 0. The highest BCUT2D eigenvalue weighted by molar-refractivity contribution is 6.42. The first kappa shape index (κ1) is 24.3. The maximum absolute atomic E-state index is 13.3. The fourth-order valence-electron chi connectivity index (χ4n) is 4.57. The number of amides is 3. The molecule has 1 aliphatic carbocycles. The molecule has 32 heavy (non-hydrogen) atoms. The molecule has 1 aromatic carbocycles. The second-order valence-corrected chi connectivity index (χ2v) is 9.14. The van der Waals surface area contributed by atoms with Crippen LogP contribution in [0.3, 0.4) is 0 Å². The van der Waals surface area contributed by atoms with Crippen LogP contribution < -0.4 is 5.32 Å². The van der Waals surface area contributed by atoms with Crippen molar-refractivity contribution in [2.45, 2.75) is 57.7 Å². The fourth-order valence-corrected chi connectivity index (χ4v) is 4.86. The minimum absolute atomic E-state index is 0.0511. The molecule has 1 saturated carbocycles. The SMILES string of the molecule is CC(=O)N1CCN(C(=O)c2ccc(Cl)c(Cl)c2)C1C(=O)NC(CC(=O)O)C1CCCCC1. The topological polar surface area (TPSA) is 107 Å². The third-order valence-corrected chi connectivity index (χ3v) is 6.92. The molecular formula is C22H27Cl2N3O5. The Labute approximate surface area is 196 Å². The number of aliphatic carboxylic acids is 1. The number of nitrogens with one attached hydrogen (secondary N) is 1. The van der Waals surface area contributed by atoms with Crippen molar-refractivity contribution in [3.8, 4) is 0 Å². The summed E-state index contributed by atoms with van der Waals surface area (Å²) in [4.78, 5) is 52.8. The Morgan fingerprint density at radius 1 is 1.06 bits per heavy atom. The van der Waals surface area contributed by atoms with E-state index in [1.54, 1.807) is 0 Å². The lowest BCUT2D eigenvalue weighted by atomic mass is 9.82. The molecule has 3 rings (SSSR count). The number of hydrogen-bond donors (Lipinski definition) is 2. The minimum Gasteiger partial charge on any atom is -0.481 e. The molecule has 1 saturated heterocycles. The van der Waals surface area contributed by atoms with E-state index in [4.69, 9.17) is 23.2 Å². The van der Waals surface area contributed by atoms with Crippen molar-refractivity contribution in [2.75, 3.05) is 13.1 Å². The van der Waals surface area contributed by atoms with E-state index in [-0.39, 0.29) is 41.9 Å².